The number of anilines is 1. The fraction of sp³-hybridized carbons (Fsp3) is 0.130. The second kappa shape index (κ2) is 9.41. The number of ether oxygens (including phenoxy) is 3. The highest BCUT2D eigenvalue weighted by atomic mass is 16.6. The van der Waals surface area contributed by atoms with E-state index in [2.05, 4.69) is 5.32 Å². The van der Waals surface area contributed by atoms with Gasteiger partial charge in [0.05, 0.1) is 7.11 Å². The van der Waals surface area contributed by atoms with Crippen LogP contribution >= 0.6 is 0 Å². The third-order valence-corrected chi connectivity index (χ3v) is 4.07. The Bertz CT molecular complexity index is 953. The van der Waals surface area contributed by atoms with E-state index in [0.717, 1.165) is 0 Å². The zero-order valence-corrected chi connectivity index (χ0v) is 16.1. The number of benzene rings is 3. The average Bonchev–Trinajstić information content (AvgIpc) is 2.75. The molecule has 0 radical (unpaired) electrons. The largest absolute Gasteiger partial charge is 0.497 e. The van der Waals surface area contributed by atoms with Crippen LogP contribution in [0.4, 0.5) is 5.69 Å². The molecule has 0 aliphatic carbocycles. The molecule has 3 aromatic carbocycles. The van der Waals surface area contributed by atoms with Gasteiger partial charge < -0.3 is 19.5 Å². The van der Waals surface area contributed by atoms with Gasteiger partial charge in [0.1, 0.15) is 17.2 Å². The Morgan fingerprint density at radius 2 is 1.38 bits per heavy atom. The van der Waals surface area contributed by atoms with Crippen molar-refractivity contribution in [3.63, 3.8) is 0 Å². The molecule has 1 amide bonds. The quantitative estimate of drug-likeness (QED) is 0.480. The molecule has 1 atom stereocenters. The van der Waals surface area contributed by atoms with Crippen molar-refractivity contribution in [3.8, 4) is 17.2 Å². The third kappa shape index (κ3) is 5.59. The Kier molecular flexibility index (Phi) is 6.47. The van der Waals surface area contributed by atoms with E-state index in [1.807, 2.05) is 18.2 Å². The molecule has 0 saturated heterocycles. The van der Waals surface area contributed by atoms with Crippen LogP contribution in [0.25, 0.3) is 0 Å². The second-order valence-electron chi connectivity index (χ2n) is 6.20. The van der Waals surface area contributed by atoms with Crippen molar-refractivity contribution in [1.29, 1.82) is 0 Å². The predicted molar refractivity (Wildman–Crippen MR) is 110 cm³/mol. The zero-order valence-electron chi connectivity index (χ0n) is 16.1. The van der Waals surface area contributed by atoms with Gasteiger partial charge >= 0.3 is 5.97 Å². The van der Waals surface area contributed by atoms with Gasteiger partial charge in [0.15, 0.2) is 6.10 Å². The molecule has 3 rings (SSSR count). The molecule has 0 fully saturated rings. The number of amides is 1. The summed E-state index contributed by atoms with van der Waals surface area (Å²) in [5.41, 5.74) is 1.16. The van der Waals surface area contributed by atoms with E-state index < -0.39 is 12.1 Å². The van der Waals surface area contributed by atoms with Crippen molar-refractivity contribution >= 4 is 17.6 Å². The topological polar surface area (TPSA) is 73.9 Å². The number of para-hydroxylation sites is 1. The normalized spacial score (nSPS) is 11.2. The van der Waals surface area contributed by atoms with E-state index in [4.69, 9.17) is 14.2 Å². The minimum Gasteiger partial charge on any atom is -0.497 e. The molecule has 0 aliphatic heterocycles. The van der Waals surface area contributed by atoms with E-state index in [1.54, 1.807) is 74.7 Å². The fourth-order valence-corrected chi connectivity index (χ4v) is 2.50. The predicted octanol–water partition coefficient (Wildman–Crippen LogP) is 4.32. The Hall–Kier alpha value is -3.80. The van der Waals surface area contributed by atoms with Crippen LogP contribution in [-0.2, 0) is 4.79 Å². The van der Waals surface area contributed by atoms with E-state index in [1.165, 1.54) is 0 Å². The van der Waals surface area contributed by atoms with Gasteiger partial charge in [-0.05, 0) is 67.6 Å². The first-order chi connectivity index (χ1) is 14.0. The van der Waals surface area contributed by atoms with E-state index in [0.29, 0.717) is 28.5 Å². The standard InChI is InChI=1S/C23H21NO5/c1-16(28-20-14-12-19(27-2)13-15-20)23(26)29-21-10-8-17(9-11-21)22(25)24-18-6-4-3-5-7-18/h3-16H,1-2H3,(H,24,25). The highest BCUT2D eigenvalue weighted by molar-refractivity contribution is 6.04. The number of carbonyl (C=O) groups excluding carboxylic acids is 2. The Morgan fingerprint density at radius 1 is 0.793 bits per heavy atom. The molecule has 0 spiro atoms. The van der Waals surface area contributed by atoms with Gasteiger partial charge in [0, 0.05) is 11.3 Å². The van der Waals surface area contributed by atoms with Crippen LogP contribution in [0.1, 0.15) is 17.3 Å². The Morgan fingerprint density at radius 3 is 2.00 bits per heavy atom. The second-order valence-corrected chi connectivity index (χ2v) is 6.20. The molecular formula is C23H21NO5. The minimum absolute atomic E-state index is 0.245. The number of carbonyl (C=O) groups is 2. The first-order valence-corrected chi connectivity index (χ1v) is 9.04. The van der Waals surface area contributed by atoms with Gasteiger partial charge in [-0.25, -0.2) is 4.79 Å². The average molecular weight is 391 g/mol. The summed E-state index contributed by atoms with van der Waals surface area (Å²) in [4.78, 5) is 24.5. The maximum atomic E-state index is 12.3. The summed E-state index contributed by atoms with van der Waals surface area (Å²) in [5, 5.41) is 2.80. The molecule has 6 nitrogen and oxygen atoms in total. The first-order valence-electron chi connectivity index (χ1n) is 9.04. The first kappa shape index (κ1) is 19.9. The summed E-state index contributed by atoms with van der Waals surface area (Å²) in [6, 6.07) is 22.4. The van der Waals surface area contributed by atoms with Crippen LogP contribution in [0.15, 0.2) is 78.9 Å². The van der Waals surface area contributed by atoms with Crippen LogP contribution in [0.2, 0.25) is 0 Å². The van der Waals surface area contributed by atoms with Crippen molar-refractivity contribution in [2.75, 3.05) is 12.4 Å². The lowest BCUT2D eigenvalue weighted by atomic mass is 10.2. The summed E-state index contributed by atoms with van der Waals surface area (Å²) in [7, 11) is 1.58. The molecular weight excluding hydrogens is 370 g/mol. The van der Waals surface area contributed by atoms with E-state index in [-0.39, 0.29) is 5.91 Å². The SMILES string of the molecule is COc1ccc(OC(C)C(=O)Oc2ccc(C(=O)Nc3ccccc3)cc2)cc1. The molecule has 3 aromatic rings. The molecule has 0 bridgehead atoms. The van der Waals surface area contributed by atoms with E-state index >= 15 is 0 Å². The van der Waals surface area contributed by atoms with Gasteiger partial charge in [-0.15, -0.1) is 0 Å². The fourth-order valence-electron chi connectivity index (χ4n) is 2.50. The molecule has 0 heterocycles. The molecule has 148 valence electrons. The minimum atomic E-state index is -0.801. The third-order valence-electron chi connectivity index (χ3n) is 4.07. The lowest BCUT2D eigenvalue weighted by Gasteiger charge is -2.14. The van der Waals surface area contributed by atoms with Gasteiger partial charge in [0.25, 0.3) is 5.91 Å². The van der Waals surface area contributed by atoms with Crippen LogP contribution in [-0.4, -0.2) is 25.1 Å². The van der Waals surface area contributed by atoms with Crippen molar-refractivity contribution < 1.29 is 23.8 Å². The number of hydrogen-bond donors (Lipinski definition) is 1. The molecule has 29 heavy (non-hydrogen) atoms. The number of hydrogen-bond acceptors (Lipinski definition) is 5. The maximum absolute atomic E-state index is 12.3. The number of esters is 1. The Balaban J connectivity index is 1.55. The van der Waals surface area contributed by atoms with Crippen molar-refractivity contribution in [2.45, 2.75) is 13.0 Å². The lowest BCUT2D eigenvalue weighted by Crippen LogP contribution is -2.28. The Labute approximate surface area is 169 Å². The highest BCUT2D eigenvalue weighted by Crippen LogP contribution is 2.19. The van der Waals surface area contributed by atoms with Crippen molar-refractivity contribution in [2.24, 2.45) is 0 Å². The summed E-state index contributed by atoms with van der Waals surface area (Å²) >= 11 is 0. The summed E-state index contributed by atoms with van der Waals surface area (Å²) in [6.45, 7) is 1.61. The monoisotopic (exact) mass is 391 g/mol. The molecule has 1 N–H and O–H groups in total. The van der Waals surface area contributed by atoms with Crippen molar-refractivity contribution in [1.82, 2.24) is 0 Å². The molecule has 6 heteroatoms. The molecule has 1 unspecified atom stereocenters. The van der Waals surface area contributed by atoms with Crippen molar-refractivity contribution in [3.05, 3.63) is 84.4 Å². The summed E-state index contributed by atoms with van der Waals surface area (Å²) < 4.78 is 16.0. The number of methoxy groups -OCH3 is 1. The lowest BCUT2D eigenvalue weighted by molar-refractivity contribution is -0.141. The maximum Gasteiger partial charge on any atom is 0.352 e. The number of rotatable bonds is 7. The zero-order chi connectivity index (χ0) is 20.6. The van der Waals surface area contributed by atoms with E-state index in [9.17, 15) is 9.59 Å². The van der Waals surface area contributed by atoms with Crippen LogP contribution in [0, 0.1) is 0 Å². The van der Waals surface area contributed by atoms with Gasteiger partial charge in [0.2, 0.25) is 0 Å². The van der Waals surface area contributed by atoms with Crippen LogP contribution in [0.5, 0.6) is 17.2 Å². The van der Waals surface area contributed by atoms with Gasteiger partial charge in [-0.1, -0.05) is 18.2 Å². The molecule has 0 aromatic heterocycles. The summed E-state index contributed by atoms with van der Waals surface area (Å²) in [6.07, 6.45) is -0.801. The van der Waals surface area contributed by atoms with Gasteiger partial charge in [-0.2, -0.15) is 0 Å². The molecule has 0 saturated carbocycles. The van der Waals surface area contributed by atoms with Gasteiger partial charge in [-0.3, -0.25) is 4.79 Å². The van der Waals surface area contributed by atoms with Crippen LogP contribution in [0.3, 0.4) is 0 Å². The summed E-state index contributed by atoms with van der Waals surface area (Å²) in [5.74, 6) is 0.774. The molecule has 0 aliphatic rings. The van der Waals surface area contributed by atoms with Crippen LogP contribution < -0.4 is 19.5 Å². The highest BCUT2D eigenvalue weighted by Gasteiger charge is 2.17. The smallest absolute Gasteiger partial charge is 0.352 e. The number of nitrogens with one attached hydrogen (secondary N) is 1.